The number of ketones is 1. The average Bonchev–Trinajstić information content (AvgIpc) is 3.17. The minimum absolute atomic E-state index is 0.0323. The second kappa shape index (κ2) is 8.69. The summed E-state index contributed by atoms with van der Waals surface area (Å²) < 4.78 is 6.07. The van der Waals surface area contributed by atoms with Crippen molar-refractivity contribution in [2.45, 2.75) is 0 Å². The summed E-state index contributed by atoms with van der Waals surface area (Å²) in [6.45, 7) is 1.70. The van der Waals surface area contributed by atoms with Crippen molar-refractivity contribution in [1.82, 2.24) is 9.88 Å². The molecule has 7 nitrogen and oxygen atoms in total. The molecule has 1 aromatic heterocycles. The van der Waals surface area contributed by atoms with Crippen LogP contribution in [0.5, 0.6) is 0 Å². The number of rotatable bonds is 4. The van der Waals surface area contributed by atoms with Gasteiger partial charge >= 0.3 is 6.09 Å². The first-order valence-corrected chi connectivity index (χ1v) is 10.1. The number of Topliss-reactive ketones (excluding diaryl/α,β-unsaturated/α-hetero) is 1. The molecule has 1 fully saturated rings. The van der Waals surface area contributed by atoms with Crippen LogP contribution in [-0.2, 0) is 9.57 Å². The summed E-state index contributed by atoms with van der Waals surface area (Å²) in [5, 5.41) is 4.81. The Bertz CT molecular complexity index is 1080. The van der Waals surface area contributed by atoms with Crippen LogP contribution in [-0.4, -0.2) is 53.8 Å². The molecule has 1 amide bonds. The van der Waals surface area contributed by atoms with E-state index in [0.29, 0.717) is 47.4 Å². The van der Waals surface area contributed by atoms with Crippen LogP contribution in [0.25, 0.3) is 10.2 Å². The minimum Gasteiger partial charge on any atom is -0.378 e. The van der Waals surface area contributed by atoms with Crippen molar-refractivity contribution in [1.29, 1.82) is 0 Å². The van der Waals surface area contributed by atoms with Gasteiger partial charge in [-0.1, -0.05) is 47.1 Å². The van der Waals surface area contributed by atoms with E-state index in [9.17, 15) is 9.59 Å². The normalized spacial score (nSPS) is 14.8. The van der Waals surface area contributed by atoms with E-state index in [1.165, 1.54) is 16.2 Å². The second-order valence-corrected chi connectivity index (χ2v) is 7.69. The molecule has 148 valence electrons. The molecular weight excluding hydrogens is 414 g/mol. The number of halogens is 1. The van der Waals surface area contributed by atoms with Crippen molar-refractivity contribution >= 4 is 50.7 Å². The third-order valence-corrected chi connectivity index (χ3v) is 5.57. The Labute approximate surface area is 175 Å². The molecule has 2 aromatic carbocycles. The number of nitrogens with zero attached hydrogens (tertiary/aromatic N) is 3. The van der Waals surface area contributed by atoms with Gasteiger partial charge in [0.15, 0.2) is 10.7 Å². The molecule has 0 spiro atoms. The Kier molecular flexibility index (Phi) is 5.84. The zero-order valence-electron chi connectivity index (χ0n) is 15.2. The molecule has 0 N–H and O–H groups in total. The van der Waals surface area contributed by atoms with Crippen LogP contribution < -0.4 is 0 Å². The van der Waals surface area contributed by atoms with Gasteiger partial charge in [-0.05, 0) is 18.2 Å². The fourth-order valence-electron chi connectivity index (χ4n) is 2.79. The molecule has 1 aliphatic rings. The van der Waals surface area contributed by atoms with Crippen molar-refractivity contribution in [2.24, 2.45) is 5.16 Å². The van der Waals surface area contributed by atoms with E-state index in [1.54, 1.807) is 36.4 Å². The number of fused-ring (bicyclic) bond motifs is 1. The highest BCUT2D eigenvalue weighted by Crippen LogP contribution is 2.26. The van der Waals surface area contributed by atoms with Crippen LogP contribution in [0.3, 0.4) is 0 Å². The van der Waals surface area contributed by atoms with Crippen LogP contribution >= 0.6 is 22.9 Å². The molecule has 9 heteroatoms. The molecule has 0 radical (unpaired) electrons. The number of hydrogen-bond donors (Lipinski definition) is 0. The van der Waals surface area contributed by atoms with Crippen molar-refractivity contribution in [3.8, 4) is 0 Å². The van der Waals surface area contributed by atoms with Crippen LogP contribution in [0.2, 0.25) is 5.02 Å². The van der Waals surface area contributed by atoms with E-state index in [2.05, 4.69) is 10.1 Å². The molecule has 1 saturated heterocycles. The number of morpholine rings is 1. The first kappa shape index (κ1) is 19.5. The van der Waals surface area contributed by atoms with E-state index in [1.807, 2.05) is 12.1 Å². The van der Waals surface area contributed by atoms with Crippen molar-refractivity contribution in [2.75, 3.05) is 26.3 Å². The van der Waals surface area contributed by atoms with Gasteiger partial charge in [0.1, 0.15) is 0 Å². The number of hydrogen-bond acceptors (Lipinski definition) is 7. The Hall–Kier alpha value is -2.81. The summed E-state index contributed by atoms with van der Waals surface area (Å²) in [6.07, 6.45) is -0.629. The maximum atomic E-state index is 13.1. The highest BCUT2D eigenvalue weighted by molar-refractivity contribution is 7.21. The minimum atomic E-state index is -0.629. The van der Waals surface area contributed by atoms with E-state index < -0.39 is 6.09 Å². The van der Waals surface area contributed by atoms with Crippen molar-refractivity contribution in [3.63, 3.8) is 0 Å². The maximum Gasteiger partial charge on any atom is 0.436 e. The number of ether oxygens (including phenoxy) is 1. The first-order chi connectivity index (χ1) is 14.1. The van der Waals surface area contributed by atoms with Gasteiger partial charge in [0.2, 0.25) is 5.78 Å². The van der Waals surface area contributed by atoms with E-state index >= 15 is 0 Å². The van der Waals surface area contributed by atoms with Crippen LogP contribution in [0.15, 0.2) is 53.7 Å². The van der Waals surface area contributed by atoms with Gasteiger partial charge in [-0.25, -0.2) is 9.78 Å². The lowest BCUT2D eigenvalue weighted by Gasteiger charge is -2.24. The van der Waals surface area contributed by atoms with Gasteiger partial charge in [0, 0.05) is 23.7 Å². The molecule has 3 aromatic rings. The molecule has 0 atom stereocenters. The van der Waals surface area contributed by atoms with Gasteiger partial charge in [0.05, 0.1) is 23.4 Å². The van der Waals surface area contributed by atoms with Crippen LogP contribution in [0, 0.1) is 0 Å². The fraction of sp³-hybridized carbons (Fsp3) is 0.200. The number of amides is 1. The van der Waals surface area contributed by atoms with Gasteiger partial charge < -0.3 is 9.64 Å². The largest absolute Gasteiger partial charge is 0.436 e. The number of carbonyl (C=O) groups excluding carboxylic acids is 2. The highest BCUT2D eigenvalue weighted by atomic mass is 35.5. The smallest absolute Gasteiger partial charge is 0.378 e. The predicted octanol–water partition coefficient (Wildman–Crippen LogP) is 4.01. The lowest BCUT2D eigenvalue weighted by atomic mass is 10.1. The molecule has 29 heavy (non-hydrogen) atoms. The van der Waals surface area contributed by atoms with Gasteiger partial charge in [-0.3, -0.25) is 9.63 Å². The van der Waals surface area contributed by atoms with E-state index in [4.69, 9.17) is 21.2 Å². The number of benzene rings is 2. The standard InChI is InChI=1S/C20H16ClN3O4S/c21-14-6-7-16-15(12-14)22-19(29-16)17(18(25)13-4-2-1-3-5-13)23-28-20(26)24-8-10-27-11-9-24/h1-7,12H,8-11H2/b23-17+. The summed E-state index contributed by atoms with van der Waals surface area (Å²) >= 11 is 7.32. The summed E-state index contributed by atoms with van der Waals surface area (Å²) in [5.74, 6) is -0.384. The van der Waals surface area contributed by atoms with Crippen molar-refractivity contribution < 1.29 is 19.2 Å². The third kappa shape index (κ3) is 4.45. The van der Waals surface area contributed by atoms with Gasteiger partial charge in [-0.2, -0.15) is 0 Å². The third-order valence-electron chi connectivity index (χ3n) is 4.29. The van der Waals surface area contributed by atoms with Gasteiger partial charge in [-0.15, -0.1) is 11.3 Å². The molecule has 4 rings (SSSR count). The summed E-state index contributed by atoms with van der Waals surface area (Å²) in [4.78, 5) is 36.4. The monoisotopic (exact) mass is 429 g/mol. The Balaban J connectivity index is 1.68. The zero-order valence-corrected chi connectivity index (χ0v) is 16.8. The molecule has 2 heterocycles. The zero-order chi connectivity index (χ0) is 20.2. The lowest BCUT2D eigenvalue weighted by Crippen LogP contribution is -2.40. The first-order valence-electron chi connectivity index (χ1n) is 8.90. The Morgan fingerprint density at radius 3 is 2.66 bits per heavy atom. The van der Waals surface area contributed by atoms with Gasteiger partial charge in [0.25, 0.3) is 0 Å². The highest BCUT2D eigenvalue weighted by Gasteiger charge is 2.24. The summed E-state index contributed by atoms with van der Waals surface area (Å²) in [7, 11) is 0. The topological polar surface area (TPSA) is 81.1 Å². The Morgan fingerprint density at radius 2 is 1.90 bits per heavy atom. The SMILES string of the molecule is O=C(/C(=N\OC(=O)N1CCOCC1)c1nc2cc(Cl)ccc2s1)c1ccccc1. The molecular formula is C20H16ClN3O4S. The predicted molar refractivity (Wildman–Crippen MR) is 111 cm³/mol. The van der Waals surface area contributed by atoms with E-state index in [-0.39, 0.29) is 11.5 Å². The van der Waals surface area contributed by atoms with E-state index in [0.717, 1.165) is 4.70 Å². The van der Waals surface area contributed by atoms with Crippen molar-refractivity contribution in [3.05, 3.63) is 64.1 Å². The second-order valence-electron chi connectivity index (χ2n) is 6.22. The number of aromatic nitrogens is 1. The van der Waals surface area contributed by atoms with Crippen LogP contribution in [0.1, 0.15) is 15.4 Å². The molecule has 0 saturated carbocycles. The molecule has 0 bridgehead atoms. The summed E-state index contributed by atoms with van der Waals surface area (Å²) in [5.41, 5.74) is 1.03. The molecule has 0 unspecified atom stereocenters. The number of thiazole rings is 1. The lowest BCUT2D eigenvalue weighted by molar-refractivity contribution is 0.0279. The number of oxime groups is 1. The average molecular weight is 430 g/mol. The van der Waals surface area contributed by atoms with Crippen LogP contribution in [0.4, 0.5) is 4.79 Å². The molecule has 0 aliphatic carbocycles. The maximum absolute atomic E-state index is 13.1. The number of carbonyl (C=O) groups is 2. The quantitative estimate of drug-likeness (QED) is 0.271. The molecule has 1 aliphatic heterocycles. The Morgan fingerprint density at radius 1 is 1.14 bits per heavy atom. The fourth-order valence-corrected chi connectivity index (χ4v) is 3.88. The summed E-state index contributed by atoms with van der Waals surface area (Å²) in [6, 6.07) is 13.9.